The Labute approximate surface area is 156 Å². The van der Waals surface area contributed by atoms with Gasteiger partial charge in [0.15, 0.2) is 0 Å². The summed E-state index contributed by atoms with van der Waals surface area (Å²) in [6.45, 7) is 3.10. The molecule has 24 heavy (non-hydrogen) atoms. The number of hydrogen-bond acceptors (Lipinski definition) is 2. The predicted octanol–water partition coefficient (Wildman–Crippen LogP) is 6.73. The van der Waals surface area contributed by atoms with E-state index in [-0.39, 0.29) is 5.91 Å². The molecule has 0 aromatic rings. The van der Waals surface area contributed by atoms with Crippen molar-refractivity contribution in [2.75, 3.05) is 18.6 Å². The highest BCUT2D eigenvalue weighted by atomic mass is 32.2. The average Bonchev–Trinajstić information content (AvgIpc) is 2.58. The monoisotopic (exact) mass is 357 g/mol. The first-order valence-electron chi connectivity index (χ1n) is 10.6. The summed E-state index contributed by atoms with van der Waals surface area (Å²) in [5, 5.41) is 2.97. The van der Waals surface area contributed by atoms with Crippen molar-refractivity contribution in [1.29, 1.82) is 0 Å². The maximum Gasteiger partial charge on any atom is 0.220 e. The molecule has 1 N–H and O–H groups in total. The third-order valence-electron chi connectivity index (χ3n) is 4.64. The van der Waals surface area contributed by atoms with E-state index in [9.17, 15) is 4.79 Å². The van der Waals surface area contributed by atoms with Crippen LogP contribution in [0.3, 0.4) is 0 Å². The number of rotatable bonds is 19. The number of carbonyl (C=O) groups is 1. The van der Waals surface area contributed by atoms with Gasteiger partial charge in [0.05, 0.1) is 0 Å². The van der Waals surface area contributed by atoms with Crippen LogP contribution in [0.15, 0.2) is 0 Å². The van der Waals surface area contributed by atoms with Gasteiger partial charge in [-0.1, -0.05) is 96.8 Å². The fourth-order valence-corrected chi connectivity index (χ4v) is 3.34. The SMILES string of the molecule is CCCCCCCCCCCCCCCCCC(=O)NCCSC. The van der Waals surface area contributed by atoms with Crippen LogP contribution in [0.1, 0.15) is 110 Å². The zero-order chi connectivity index (χ0) is 17.7. The molecule has 0 unspecified atom stereocenters. The van der Waals surface area contributed by atoms with E-state index in [1.54, 1.807) is 11.8 Å². The molecule has 0 atom stereocenters. The summed E-state index contributed by atoms with van der Waals surface area (Å²) in [5.41, 5.74) is 0. The first-order valence-corrected chi connectivity index (χ1v) is 12.0. The van der Waals surface area contributed by atoms with Gasteiger partial charge in [-0.05, 0) is 12.7 Å². The van der Waals surface area contributed by atoms with Gasteiger partial charge in [-0.15, -0.1) is 0 Å². The molecule has 2 nitrogen and oxygen atoms in total. The quantitative estimate of drug-likeness (QED) is 0.260. The lowest BCUT2D eigenvalue weighted by Gasteiger charge is -2.04. The molecular weight excluding hydrogens is 314 g/mol. The lowest BCUT2D eigenvalue weighted by Crippen LogP contribution is -2.25. The van der Waals surface area contributed by atoms with Crippen molar-refractivity contribution in [3.8, 4) is 0 Å². The summed E-state index contributed by atoms with van der Waals surface area (Å²) in [7, 11) is 0. The van der Waals surface area contributed by atoms with E-state index in [0.29, 0.717) is 6.42 Å². The van der Waals surface area contributed by atoms with Gasteiger partial charge in [0.25, 0.3) is 0 Å². The summed E-state index contributed by atoms with van der Waals surface area (Å²) in [6, 6.07) is 0. The van der Waals surface area contributed by atoms with Gasteiger partial charge in [0.1, 0.15) is 0 Å². The summed E-state index contributed by atoms with van der Waals surface area (Å²) in [6.07, 6.45) is 23.4. The van der Waals surface area contributed by atoms with Gasteiger partial charge in [-0.3, -0.25) is 4.79 Å². The molecule has 0 rings (SSSR count). The van der Waals surface area contributed by atoms with Crippen LogP contribution >= 0.6 is 11.8 Å². The second-order valence-electron chi connectivity index (χ2n) is 7.04. The van der Waals surface area contributed by atoms with Crippen LogP contribution in [0.25, 0.3) is 0 Å². The van der Waals surface area contributed by atoms with Gasteiger partial charge in [0.2, 0.25) is 5.91 Å². The molecule has 0 radical (unpaired) electrons. The van der Waals surface area contributed by atoms with Gasteiger partial charge >= 0.3 is 0 Å². The Morgan fingerprint density at radius 2 is 1.12 bits per heavy atom. The molecule has 0 saturated heterocycles. The Morgan fingerprint density at radius 1 is 0.708 bits per heavy atom. The fourth-order valence-electron chi connectivity index (χ4n) is 3.04. The van der Waals surface area contributed by atoms with Gasteiger partial charge in [0, 0.05) is 18.7 Å². The maximum absolute atomic E-state index is 11.5. The summed E-state index contributed by atoms with van der Waals surface area (Å²) in [5.74, 6) is 1.25. The molecule has 1 amide bonds. The van der Waals surface area contributed by atoms with E-state index in [1.165, 1.54) is 89.9 Å². The Morgan fingerprint density at radius 3 is 1.54 bits per heavy atom. The second-order valence-corrected chi connectivity index (χ2v) is 8.03. The highest BCUT2D eigenvalue weighted by Crippen LogP contribution is 2.13. The molecule has 0 saturated carbocycles. The molecule has 0 aromatic heterocycles. The van der Waals surface area contributed by atoms with Crippen molar-refractivity contribution in [2.45, 2.75) is 110 Å². The van der Waals surface area contributed by atoms with E-state index in [1.807, 2.05) is 0 Å². The van der Waals surface area contributed by atoms with Crippen LogP contribution in [0, 0.1) is 0 Å². The molecule has 3 heteroatoms. The Bertz CT molecular complexity index is 258. The highest BCUT2D eigenvalue weighted by Gasteiger charge is 2.00. The molecule has 0 aromatic carbocycles. The van der Waals surface area contributed by atoms with Crippen molar-refractivity contribution in [1.82, 2.24) is 5.32 Å². The van der Waals surface area contributed by atoms with Gasteiger partial charge in [-0.2, -0.15) is 11.8 Å². The lowest BCUT2D eigenvalue weighted by atomic mass is 10.0. The minimum Gasteiger partial charge on any atom is -0.355 e. The Hall–Kier alpha value is -0.180. The molecule has 0 aliphatic rings. The average molecular weight is 358 g/mol. The normalized spacial score (nSPS) is 10.9. The van der Waals surface area contributed by atoms with Crippen molar-refractivity contribution in [2.24, 2.45) is 0 Å². The van der Waals surface area contributed by atoms with Crippen molar-refractivity contribution in [3.63, 3.8) is 0 Å². The molecule has 0 spiro atoms. The number of hydrogen-bond donors (Lipinski definition) is 1. The molecule has 144 valence electrons. The Balaban J connectivity index is 3.06. The Kier molecular flexibility index (Phi) is 20.7. The van der Waals surface area contributed by atoms with Crippen LogP contribution in [0.4, 0.5) is 0 Å². The molecule has 0 aliphatic carbocycles. The summed E-state index contributed by atoms with van der Waals surface area (Å²) in [4.78, 5) is 11.5. The highest BCUT2D eigenvalue weighted by molar-refractivity contribution is 7.98. The van der Waals surface area contributed by atoms with Crippen LogP contribution in [0.2, 0.25) is 0 Å². The number of thioether (sulfide) groups is 1. The van der Waals surface area contributed by atoms with Gasteiger partial charge in [-0.25, -0.2) is 0 Å². The first kappa shape index (κ1) is 23.8. The summed E-state index contributed by atoms with van der Waals surface area (Å²) >= 11 is 1.78. The number of carbonyl (C=O) groups excluding carboxylic acids is 1. The molecule has 0 fully saturated rings. The molecule has 0 aliphatic heterocycles. The van der Waals surface area contributed by atoms with Crippen molar-refractivity contribution < 1.29 is 4.79 Å². The number of unbranched alkanes of at least 4 members (excludes halogenated alkanes) is 14. The molecular formula is C21H43NOS. The van der Waals surface area contributed by atoms with E-state index < -0.39 is 0 Å². The summed E-state index contributed by atoms with van der Waals surface area (Å²) < 4.78 is 0. The number of nitrogens with one attached hydrogen (secondary N) is 1. The third kappa shape index (κ3) is 19.9. The molecule has 0 bridgehead atoms. The van der Waals surface area contributed by atoms with Crippen molar-refractivity contribution >= 4 is 17.7 Å². The van der Waals surface area contributed by atoms with Crippen molar-refractivity contribution in [3.05, 3.63) is 0 Å². The van der Waals surface area contributed by atoms with Crippen LogP contribution in [0.5, 0.6) is 0 Å². The number of amides is 1. The van der Waals surface area contributed by atoms with E-state index in [2.05, 4.69) is 18.5 Å². The third-order valence-corrected chi connectivity index (χ3v) is 5.25. The standard InChI is InChI=1S/C21H43NOS/c1-3-4-5-6-7-8-9-10-11-12-13-14-15-16-17-18-21(23)22-19-20-24-2/h3-20H2,1-2H3,(H,22,23). The van der Waals surface area contributed by atoms with Crippen LogP contribution in [-0.2, 0) is 4.79 Å². The predicted molar refractivity (Wildman–Crippen MR) is 111 cm³/mol. The minimum absolute atomic E-state index is 0.235. The van der Waals surface area contributed by atoms with E-state index in [4.69, 9.17) is 0 Å². The van der Waals surface area contributed by atoms with E-state index in [0.717, 1.165) is 18.7 Å². The second kappa shape index (κ2) is 20.9. The zero-order valence-electron chi connectivity index (χ0n) is 16.5. The van der Waals surface area contributed by atoms with E-state index >= 15 is 0 Å². The zero-order valence-corrected chi connectivity index (χ0v) is 17.4. The van der Waals surface area contributed by atoms with Crippen LogP contribution < -0.4 is 5.32 Å². The lowest BCUT2D eigenvalue weighted by molar-refractivity contribution is -0.121. The fraction of sp³-hybridized carbons (Fsp3) is 0.952. The molecule has 0 heterocycles. The first-order chi connectivity index (χ1) is 11.8. The maximum atomic E-state index is 11.5. The van der Waals surface area contributed by atoms with Crippen LogP contribution in [-0.4, -0.2) is 24.5 Å². The topological polar surface area (TPSA) is 29.1 Å². The minimum atomic E-state index is 0.235. The van der Waals surface area contributed by atoms with Gasteiger partial charge < -0.3 is 5.32 Å². The largest absolute Gasteiger partial charge is 0.355 e. The smallest absolute Gasteiger partial charge is 0.220 e.